The van der Waals surface area contributed by atoms with Crippen molar-refractivity contribution < 1.29 is 0 Å². The largest absolute Gasteiger partial charge is 0.297 e. The monoisotopic (exact) mass is 267 g/mol. The van der Waals surface area contributed by atoms with Gasteiger partial charge in [0.15, 0.2) is 4.77 Å². The number of aromatic nitrogens is 3. The fourth-order valence-electron chi connectivity index (χ4n) is 1.90. The molecule has 1 N–H and O–H groups in total. The predicted molar refractivity (Wildman–Crippen MR) is 72.1 cm³/mol. The van der Waals surface area contributed by atoms with Gasteiger partial charge in [0.1, 0.15) is 5.82 Å². The summed E-state index contributed by atoms with van der Waals surface area (Å²) in [6.07, 6.45) is 0.845. The minimum atomic E-state index is 0.134. The fourth-order valence-corrected chi connectivity index (χ4v) is 2.41. The van der Waals surface area contributed by atoms with Gasteiger partial charge in [-0.05, 0) is 36.8 Å². The Kier molecular flexibility index (Phi) is 3.64. The molecule has 90 valence electrons. The number of aromatic amines is 1. The van der Waals surface area contributed by atoms with Gasteiger partial charge in [0.25, 0.3) is 0 Å². The second-order valence-corrected chi connectivity index (χ2v) is 4.72. The average Bonchev–Trinajstić information content (AvgIpc) is 2.69. The van der Waals surface area contributed by atoms with E-state index in [1.165, 1.54) is 0 Å². The van der Waals surface area contributed by atoms with Crippen LogP contribution in [-0.4, -0.2) is 14.8 Å². The van der Waals surface area contributed by atoms with Gasteiger partial charge in [-0.2, -0.15) is 5.10 Å². The van der Waals surface area contributed by atoms with Crippen LogP contribution in [0.25, 0.3) is 0 Å². The lowest BCUT2D eigenvalue weighted by atomic mass is 10.1. The van der Waals surface area contributed by atoms with E-state index in [-0.39, 0.29) is 6.04 Å². The number of hydrogen-bond acceptors (Lipinski definition) is 2. The molecule has 0 saturated heterocycles. The van der Waals surface area contributed by atoms with Crippen molar-refractivity contribution in [1.29, 1.82) is 0 Å². The van der Waals surface area contributed by atoms with Crippen LogP contribution in [0.5, 0.6) is 0 Å². The van der Waals surface area contributed by atoms with E-state index in [4.69, 9.17) is 23.8 Å². The Balaban J connectivity index is 2.46. The van der Waals surface area contributed by atoms with Crippen molar-refractivity contribution in [3.63, 3.8) is 0 Å². The van der Waals surface area contributed by atoms with E-state index in [1.807, 2.05) is 28.8 Å². The van der Waals surface area contributed by atoms with Crippen molar-refractivity contribution in [2.24, 2.45) is 0 Å². The van der Waals surface area contributed by atoms with Crippen molar-refractivity contribution in [2.45, 2.75) is 26.3 Å². The smallest absolute Gasteiger partial charge is 0.195 e. The SMILES string of the molecule is CCc1n[nH]c(=S)n1C(C)c1cccc(Cl)c1. The summed E-state index contributed by atoms with van der Waals surface area (Å²) < 4.78 is 2.68. The van der Waals surface area contributed by atoms with Gasteiger partial charge in [-0.3, -0.25) is 9.67 Å². The van der Waals surface area contributed by atoms with E-state index >= 15 is 0 Å². The number of rotatable bonds is 3. The molecule has 0 saturated carbocycles. The Bertz CT molecular complexity index is 573. The molecule has 1 heterocycles. The highest BCUT2D eigenvalue weighted by molar-refractivity contribution is 7.71. The first-order valence-electron chi connectivity index (χ1n) is 5.54. The Morgan fingerprint density at radius 3 is 2.94 bits per heavy atom. The van der Waals surface area contributed by atoms with E-state index < -0.39 is 0 Å². The minimum absolute atomic E-state index is 0.134. The van der Waals surface area contributed by atoms with E-state index in [0.717, 1.165) is 22.8 Å². The predicted octanol–water partition coefficient (Wildman–Crippen LogP) is 3.77. The summed E-state index contributed by atoms with van der Waals surface area (Å²) in [6.45, 7) is 4.16. The molecule has 1 aromatic carbocycles. The van der Waals surface area contributed by atoms with Crippen LogP contribution in [0, 0.1) is 4.77 Å². The second kappa shape index (κ2) is 5.02. The minimum Gasteiger partial charge on any atom is -0.297 e. The van der Waals surface area contributed by atoms with Crippen molar-refractivity contribution in [3.8, 4) is 0 Å². The Labute approximate surface area is 110 Å². The Hall–Kier alpha value is -1.13. The van der Waals surface area contributed by atoms with Gasteiger partial charge < -0.3 is 0 Å². The van der Waals surface area contributed by atoms with E-state index in [2.05, 4.69) is 24.0 Å². The molecule has 5 heteroatoms. The summed E-state index contributed by atoms with van der Waals surface area (Å²) in [4.78, 5) is 0. The molecule has 1 atom stereocenters. The first-order valence-corrected chi connectivity index (χ1v) is 6.33. The number of nitrogens with zero attached hydrogens (tertiary/aromatic N) is 2. The van der Waals surface area contributed by atoms with Crippen LogP contribution in [-0.2, 0) is 6.42 Å². The van der Waals surface area contributed by atoms with Gasteiger partial charge >= 0.3 is 0 Å². The summed E-state index contributed by atoms with van der Waals surface area (Å²) in [5.74, 6) is 0.961. The maximum absolute atomic E-state index is 6.01. The van der Waals surface area contributed by atoms with Gasteiger partial charge in [-0.25, -0.2) is 0 Å². The van der Waals surface area contributed by atoms with Crippen LogP contribution in [0.15, 0.2) is 24.3 Å². The van der Waals surface area contributed by atoms with Crippen molar-refractivity contribution in [1.82, 2.24) is 14.8 Å². The lowest BCUT2D eigenvalue weighted by molar-refractivity contribution is 0.598. The number of aryl methyl sites for hydroxylation is 1. The molecule has 1 aromatic heterocycles. The van der Waals surface area contributed by atoms with Gasteiger partial charge in [-0.1, -0.05) is 30.7 Å². The summed E-state index contributed by atoms with van der Waals surface area (Å²) in [7, 11) is 0. The zero-order valence-electron chi connectivity index (χ0n) is 9.77. The van der Waals surface area contributed by atoms with Crippen LogP contribution in [0.3, 0.4) is 0 Å². The van der Waals surface area contributed by atoms with Crippen LogP contribution in [0.2, 0.25) is 5.02 Å². The molecule has 0 amide bonds. The molecule has 0 spiro atoms. The molecule has 17 heavy (non-hydrogen) atoms. The van der Waals surface area contributed by atoms with Gasteiger partial charge in [0, 0.05) is 11.4 Å². The quantitative estimate of drug-likeness (QED) is 0.859. The Morgan fingerprint density at radius 1 is 1.53 bits per heavy atom. The zero-order valence-corrected chi connectivity index (χ0v) is 11.3. The van der Waals surface area contributed by atoms with Gasteiger partial charge in [0.2, 0.25) is 0 Å². The number of nitrogens with one attached hydrogen (secondary N) is 1. The molecule has 0 aliphatic carbocycles. The van der Waals surface area contributed by atoms with Crippen molar-refractivity contribution in [3.05, 3.63) is 45.4 Å². The molecule has 0 fully saturated rings. The molecule has 0 aliphatic heterocycles. The molecule has 0 radical (unpaired) electrons. The molecule has 2 rings (SSSR count). The summed E-state index contributed by atoms with van der Waals surface area (Å²) >= 11 is 11.3. The topological polar surface area (TPSA) is 33.6 Å². The molecule has 3 nitrogen and oxygen atoms in total. The standard InChI is InChI=1S/C12H14ClN3S/c1-3-11-14-15-12(17)16(11)8(2)9-5-4-6-10(13)7-9/h4-8H,3H2,1-2H3,(H,15,17). The third kappa shape index (κ3) is 2.42. The number of halogens is 1. The lowest BCUT2D eigenvalue weighted by Crippen LogP contribution is -2.10. The molecule has 1 unspecified atom stereocenters. The van der Waals surface area contributed by atoms with Gasteiger partial charge in [-0.15, -0.1) is 0 Å². The van der Waals surface area contributed by atoms with E-state index in [0.29, 0.717) is 4.77 Å². The van der Waals surface area contributed by atoms with Gasteiger partial charge in [0.05, 0.1) is 6.04 Å². The normalized spacial score (nSPS) is 12.6. The zero-order chi connectivity index (χ0) is 12.4. The first kappa shape index (κ1) is 12.3. The fraction of sp³-hybridized carbons (Fsp3) is 0.333. The third-order valence-corrected chi connectivity index (χ3v) is 3.34. The number of H-pyrrole nitrogens is 1. The highest BCUT2D eigenvalue weighted by Gasteiger charge is 2.13. The maximum atomic E-state index is 6.01. The van der Waals surface area contributed by atoms with Crippen molar-refractivity contribution >= 4 is 23.8 Å². The van der Waals surface area contributed by atoms with Crippen LogP contribution < -0.4 is 0 Å². The highest BCUT2D eigenvalue weighted by atomic mass is 35.5. The molecule has 0 bridgehead atoms. The summed E-state index contributed by atoms with van der Waals surface area (Å²) in [6, 6.07) is 7.96. The van der Waals surface area contributed by atoms with E-state index in [9.17, 15) is 0 Å². The first-order chi connectivity index (χ1) is 8.13. The third-order valence-electron chi connectivity index (χ3n) is 2.81. The van der Waals surface area contributed by atoms with Crippen molar-refractivity contribution in [2.75, 3.05) is 0 Å². The lowest BCUT2D eigenvalue weighted by Gasteiger charge is -2.15. The van der Waals surface area contributed by atoms with Crippen LogP contribution in [0.4, 0.5) is 0 Å². The highest BCUT2D eigenvalue weighted by Crippen LogP contribution is 2.22. The summed E-state index contributed by atoms with van der Waals surface area (Å²) in [5.41, 5.74) is 1.13. The molecular formula is C12H14ClN3S. The summed E-state index contributed by atoms with van der Waals surface area (Å²) in [5, 5.41) is 7.79. The molecule has 0 aliphatic rings. The average molecular weight is 268 g/mol. The van der Waals surface area contributed by atoms with Crippen LogP contribution >= 0.6 is 23.8 Å². The van der Waals surface area contributed by atoms with E-state index in [1.54, 1.807) is 0 Å². The maximum Gasteiger partial charge on any atom is 0.195 e. The Morgan fingerprint density at radius 2 is 2.29 bits per heavy atom. The molecule has 2 aromatic rings. The molecular weight excluding hydrogens is 254 g/mol. The van der Waals surface area contributed by atoms with Crippen LogP contribution in [0.1, 0.15) is 31.3 Å². The number of hydrogen-bond donors (Lipinski definition) is 1. The number of benzene rings is 1. The second-order valence-electron chi connectivity index (χ2n) is 3.90.